The number of ether oxygens (including phenoxy) is 2. The summed E-state index contributed by atoms with van der Waals surface area (Å²) in [4.78, 5) is 12.0. The van der Waals surface area contributed by atoms with Crippen LogP contribution in [0.1, 0.15) is 31.7 Å². The molecule has 0 bridgehead atoms. The van der Waals surface area contributed by atoms with Crippen LogP contribution < -0.4 is 14.8 Å². The van der Waals surface area contributed by atoms with Crippen molar-refractivity contribution in [3.05, 3.63) is 54.1 Å². The number of benzene rings is 2. The third-order valence-electron chi connectivity index (χ3n) is 3.81. The molecule has 0 aliphatic rings. The number of alkyl halides is 2. The first-order valence-corrected chi connectivity index (χ1v) is 8.06. The van der Waals surface area contributed by atoms with Crippen LogP contribution in [0.2, 0.25) is 0 Å². The van der Waals surface area contributed by atoms with Gasteiger partial charge in [0, 0.05) is 0 Å². The topological polar surface area (TPSA) is 47.6 Å². The van der Waals surface area contributed by atoms with Crippen molar-refractivity contribution in [2.24, 2.45) is 0 Å². The second kappa shape index (κ2) is 9.01. The minimum atomic E-state index is -2.96. The molecule has 0 saturated heterocycles. The molecule has 1 N–H and O–H groups in total. The van der Waals surface area contributed by atoms with E-state index in [0.29, 0.717) is 11.7 Å². The highest BCUT2D eigenvalue weighted by Gasteiger charge is 2.12. The van der Waals surface area contributed by atoms with Gasteiger partial charge in [-0.15, -0.1) is 0 Å². The van der Waals surface area contributed by atoms with Gasteiger partial charge in [0.25, 0.3) is 5.91 Å². The molecule has 4 nitrogen and oxygen atoms in total. The zero-order chi connectivity index (χ0) is 18.2. The summed E-state index contributed by atoms with van der Waals surface area (Å²) in [6, 6.07) is 13.5. The number of rotatable bonds is 8. The monoisotopic (exact) mass is 349 g/mol. The molecule has 134 valence electrons. The second-order valence-electron chi connectivity index (χ2n) is 5.59. The normalized spacial score (nSPS) is 11.9. The quantitative estimate of drug-likeness (QED) is 0.743. The predicted molar refractivity (Wildman–Crippen MR) is 92.3 cm³/mol. The number of hydrogen-bond acceptors (Lipinski definition) is 3. The maximum atomic E-state index is 12.4. The van der Waals surface area contributed by atoms with E-state index in [-0.39, 0.29) is 18.0 Å². The van der Waals surface area contributed by atoms with Gasteiger partial charge in [-0.2, -0.15) is 8.78 Å². The van der Waals surface area contributed by atoms with Gasteiger partial charge in [0.15, 0.2) is 6.61 Å². The molecule has 0 saturated carbocycles. The Bertz CT molecular complexity index is 689. The summed E-state index contributed by atoms with van der Waals surface area (Å²) in [6.07, 6.45) is 1.04. The summed E-state index contributed by atoms with van der Waals surface area (Å²) in [5, 5.41) is 2.50. The molecule has 0 spiro atoms. The lowest BCUT2D eigenvalue weighted by Crippen LogP contribution is -2.20. The largest absolute Gasteiger partial charge is 0.484 e. The first-order chi connectivity index (χ1) is 12.0. The summed E-state index contributed by atoms with van der Waals surface area (Å²) < 4.78 is 34.5. The smallest absolute Gasteiger partial charge is 0.387 e. The fourth-order valence-electron chi connectivity index (χ4n) is 2.23. The van der Waals surface area contributed by atoms with Crippen LogP contribution in [0.4, 0.5) is 14.5 Å². The maximum absolute atomic E-state index is 12.4. The lowest BCUT2D eigenvalue weighted by molar-refractivity contribution is -0.118. The van der Waals surface area contributed by atoms with E-state index in [1.165, 1.54) is 17.7 Å². The molecule has 0 heterocycles. The zero-order valence-corrected chi connectivity index (χ0v) is 14.2. The van der Waals surface area contributed by atoms with Crippen LogP contribution in [0.25, 0.3) is 0 Å². The number of carbonyl (C=O) groups excluding carboxylic acids is 1. The molecule has 2 rings (SSSR count). The highest BCUT2D eigenvalue weighted by molar-refractivity contribution is 5.93. The van der Waals surface area contributed by atoms with Crippen molar-refractivity contribution < 1.29 is 23.0 Å². The van der Waals surface area contributed by atoms with Crippen molar-refractivity contribution in [2.45, 2.75) is 32.8 Å². The highest BCUT2D eigenvalue weighted by atomic mass is 19.3. The molecule has 25 heavy (non-hydrogen) atoms. The third-order valence-corrected chi connectivity index (χ3v) is 3.81. The molecular weight excluding hydrogens is 328 g/mol. The SMILES string of the molecule is CC[C@@H](C)c1ccc(OCC(=O)Nc2ccccc2OC(F)F)cc1. The van der Waals surface area contributed by atoms with Crippen LogP contribution in [0.15, 0.2) is 48.5 Å². The minimum Gasteiger partial charge on any atom is -0.484 e. The van der Waals surface area contributed by atoms with E-state index in [0.717, 1.165) is 6.42 Å². The number of carbonyl (C=O) groups is 1. The van der Waals surface area contributed by atoms with Gasteiger partial charge in [0.1, 0.15) is 11.5 Å². The Kier molecular flexibility index (Phi) is 6.74. The van der Waals surface area contributed by atoms with Crippen LogP contribution >= 0.6 is 0 Å². The van der Waals surface area contributed by atoms with Crippen molar-refractivity contribution in [3.8, 4) is 11.5 Å². The average molecular weight is 349 g/mol. The zero-order valence-electron chi connectivity index (χ0n) is 14.2. The second-order valence-corrected chi connectivity index (χ2v) is 5.59. The fraction of sp³-hybridized carbons (Fsp3) is 0.316. The molecule has 1 atom stereocenters. The van der Waals surface area contributed by atoms with E-state index in [9.17, 15) is 13.6 Å². The Morgan fingerprint density at radius 3 is 2.44 bits per heavy atom. The van der Waals surface area contributed by atoms with Crippen molar-refractivity contribution in [1.29, 1.82) is 0 Å². The predicted octanol–water partition coefficient (Wildman–Crippen LogP) is 4.82. The highest BCUT2D eigenvalue weighted by Crippen LogP contribution is 2.25. The molecule has 0 aromatic heterocycles. The molecule has 1 amide bonds. The van der Waals surface area contributed by atoms with Crippen LogP contribution in [-0.4, -0.2) is 19.1 Å². The Balaban J connectivity index is 1.91. The van der Waals surface area contributed by atoms with Crippen molar-refractivity contribution in [3.63, 3.8) is 0 Å². The molecule has 6 heteroatoms. The van der Waals surface area contributed by atoms with E-state index < -0.39 is 12.5 Å². The first kappa shape index (κ1) is 18.7. The van der Waals surface area contributed by atoms with Gasteiger partial charge in [0.05, 0.1) is 5.69 Å². The Morgan fingerprint density at radius 2 is 1.80 bits per heavy atom. The van der Waals surface area contributed by atoms with Crippen molar-refractivity contribution >= 4 is 11.6 Å². The number of anilines is 1. The molecular formula is C19H21F2NO3. The van der Waals surface area contributed by atoms with E-state index >= 15 is 0 Å². The number of hydrogen-bond donors (Lipinski definition) is 1. The Hall–Kier alpha value is -2.63. The van der Waals surface area contributed by atoms with Gasteiger partial charge in [-0.05, 0) is 42.2 Å². The minimum absolute atomic E-state index is 0.0937. The number of para-hydroxylation sites is 2. The van der Waals surface area contributed by atoms with E-state index in [1.807, 2.05) is 24.3 Å². The molecule has 0 unspecified atom stereocenters. The van der Waals surface area contributed by atoms with Gasteiger partial charge >= 0.3 is 6.61 Å². The molecule has 2 aromatic carbocycles. The molecule has 0 radical (unpaired) electrons. The number of amides is 1. The van der Waals surface area contributed by atoms with E-state index in [4.69, 9.17) is 4.74 Å². The summed E-state index contributed by atoms with van der Waals surface area (Å²) in [5.41, 5.74) is 1.38. The van der Waals surface area contributed by atoms with Crippen LogP contribution in [0, 0.1) is 0 Å². The van der Waals surface area contributed by atoms with Crippen LogP contribution in [-0.2, 0) is 4.79 Å². The Labute approximate surface area is 145 Å². The van der Waals surface area contributed by atoms with Crippen LogP contribution in [0.3, 0.4) is 0 Å². The lowest BCUT2D eigenvalue weighted by Gasteiger charge is -2.13. The molecule has 0 fully saturated rings. The number of nitrogens with one attached hydrogen (secondary N) is 1. The van der Waals surface area contributed by atoms with Gasteiger partial charge < -0.3 is 14.8 Å². The van der Waals surface area contributed by atoms with E-state index in [1.54, 1.807) is 12.1 Å². The molecule has 0 aliphatic heterocycles. The van der Waals surface area contributed by atoms with Gasteiger partial charge in [0.2, 0.25) is 0 Å². The first-order valence-electron chi connectivity index (χ1n) is 8.06. The molecule has 0 aliphatic carbocycles. The standard InChI is InChI=1S/C19H21F2NO3/c1-3-13(2)14-8-10-15(11-9-14)24-12-18(23)22-16-6-4-5-7-17(16)25-19(20)21/h4-11,13,19H,3,12H2,1-2H3,(H,22,23)/t13-/m1/s1. The lowest BCUT2D eigenvalue weighted by atomic mass is 9.99. The summed E-state index contributed by atoms with van der Waals surface area (Å²) in [6.45, 7) is 1.07. The summed E-state index contributed by atoms with van der Waals surface area (Å²) in [5.74, 6) is 0.475. The maximum Gasteiger partial charge on any atom is 0.387 e. The van der Waals surface area contributed by atoms with Gasteiger partial charge in [-0.3, -0.25) is 4.79 Å². The average Bonchev–Trinajstić information content (AvgIpc) is 2.61. The molecule has 2 aromatic rings. The van der Waals surface area contributed by atoms with Crippen LogP contribution in [0.5, 0.6) is 11.5 Å². The van der Waals surface area contributed by atoms with Crippen molar-refractivity contribution in [2.75, 3.05) is 11.9 Å². The third kappa shape index (κ3) is 5.74. The summed E-state index contributed by atoms with van der Waals surface area (Å²) in [7, 11) is 0. The Morgan fingerprint density at radius 1 is 1.12 bits per heavy atom. The van der Waals surface area contributed by atoms with Gasteiger partial charge in [-0.1, -0.05) is 38.1 Å². The fourth-order valence-corrected chi connectivity index (χ4v) is 2.23. The van der Waals surface area contributed by atoms with Gasteiger partial charge in [-0.25, -0.2) is 0 Å². The summed E-state index contributed by atoms with van der Waals surface area (Å²) >= 11 is 0. The number of halogens is 2. The van der Waals surface area contributed by atoms with Crippen molar-refractivity contribution in [1.82, 2.24) is 0 Å². The van der Waals surface area contributed by atoms with E-state index in [2.05, 4.69) is 23.9 Å².